The predicted octanol–water partition coefficient (Wildman–Crippen LogP) is 3.15. The summed E-state index contributed by atoms with van der Waals surface area (Å²) >= 11 is 5.97. The third kappa shape index (κ3) is 4.03. The van der Waals surface area contributed by atoms with Gasteiger partial charge in [-0.3, -0.25) is 0 Å². The lowest BCUT2D eigenvalue weighted by Gasteiger charge is -2.27. The molecule has 3 rings (SSSR count). The molecule has 1 fully saturated rings. The maximum atomic E-state index is 6.11. The maximum Gasteiger partial charge on any atom is 0.191 e. The summed E-state index contributed by atoms with van der Waals surface area (Å²) in [7, 11) is 0. The zero-order chi connectivity index (χ0) is 16.1. The highest BCUT2D eigenvalue weighted by atomic mass is 35.5. The van der Waals surface area contributed by atoms with Crippen molar-refractivity contribution >= 4 is 17.6 Å². The molecular formula is C18H20ClN3O. The van der Waals surface area contributed by atoms with Crippen LogP contribution in [0.4, 0.5) is 0 Å². The van der Waals surface area contributed by atoms with Crippen LogP contribution in [0.15, 0.2) is 53.5 Å². The number of benzene rings is 2. The Bertz CT molecular complexity index is 679. The van der Waals surface area contributed by atoms with E-state index in [1.807, 2.05) is 36.4 Å². The average Bonchev–Trinajstić information content (AvgIpc) is 2.61. The van der Waals surface area contributed by atoms with Crippen LogP contribution in [0.3, 0.4) is 0 Å². The van der Waals surface area contributed by atoms with Gasteiger partial charge >= 0.3 is 0 Å². The highest BCUT2D eigenvalue weighted by Gasteiger charge is 2.12. The summed E-state index contributed by atoms with van der Waals surface area (Å²) in [6.07, 6.45) is 0. The number of hydrogen-bond donors (Lipinski definition) is 1. The van der Waals surface area contributed by atoms with Crippen molar-refractivity contribution in [3.8, 4) is 11.1 Å². The molecule has 0 bridgehead atoms. The average molecular weight is 330 g/mol. The number of morpholine rings is 1. The van der Waals surface area contributed by atoms with Gasteiger partial charge in [0.2, 0.25) is 0 Å². The quantitative estimate of drug-likeness (QED) is 0.695. The van der Waals surface area contributed by atoms with Crippen LogP contribution in [0, 0.1) is 0 Å². The third-order valence-electron chi connectivity index (χ3n) is 3.92. The van der Waals surface area contributed by atoms with E-state index >= 15 is 0 Å². The van der Waals surface area contributed by atoms with E-state index in [-0.39, 0.29) is 0 Å². The van der Waals surface area contributed by atoms with Gasteiger partial charge in [0.05, 0.1) is 19.8 Å². The van der Waals surface area contributed by atoms with Crippen LogP contribution in [0.1, 0.15) is 5.56 Å². The van der Waals surface area contributed by atoms with Crippen LogP contribution in [0.5, 0.6) is 0 Å². The molecule has 4 nitrogen and oxygen atoms in total. The minimum absolute atomic E-state index is 0.558. The van der Waals surface area contributed by atoms with Crippen molar-refractivity contribution < 1.29 is 4.74 Å². The molecule has 0 unspecified atom stereocenters. The van der Waals surface area contributed by atoms with Gasteiger partial charge in [0.1, 0.15) is 0 Å². The molecular weight excluding hydrogens is 310 g/mol. The first-order valence-corrected chi connectivity index (χ1v) is 8.08. The van der Waals surface area contributed by atoms with Gasteiger partial charge in [0, 0.05) is 18.1 Å². The SMILES string of the molecule is NC(=NCc1ccccc1-c1ccc(Cl)cc1)N1CCOCC1. The molecule has 0 spiro atoms. The number of ether oxygens (including phenoxy) is 1. The van der Waals surface area contributed by atoms with Crippen LogP contribution >= 0.6 is 11.6 Å². The van der Waals surface area contributed by atoms with Crippen LogP contribution in [0.2, 0.25) is 5.02 Å². The summed E-state index contributed by atoms with van der Waals surface area (Å²) in [5.74, 6) is 0.583. The minimum Gasteiger partial charge on any atom is -0.378 e. The van der Waals surface area contributed by atoms with Crippen LogP contribution < -0.4 is 5.73 Å². The van der Waals surface area contributed by atoms with Crippen molar-refractivity contribution in [3.05, 3.63) is 59.1 Å². The molecule has 0 saturated carbocycles. The summed E-state index contributed by atoms with van der Waals surface area (Å²) in [6.45, 7) is 3.57. The standard InChI is InChI=1S/C18H20ClN3O/c19-16-7-5-14(6-8-16)17-4-2-1-3-15(17)13-21-18(20)22-9-11-23-12-10-22/h1-8H,9-13H2,(H2,20,21). The smallest absolute Gasteiger partial charge is 0.191 e. The van der Waals surface area contributed by atoms with Crippen molar-refractivity contribution in [1.82, 2.24) is 4.90 Å². The first kappa shape index (κ1) is 15.8. The number of nitrogens with two attached hydrogens (primary N) is 1. The van der Waals surface area contributed by atoms with E-state index in [0.717, 1.165) is 34.8 Å². The highest BCUT2D eigenvalue weighted by molar-refractivity contribution is 6.30. The van der Waals surface area contributed by atoms with Gasteiger partial charge in [-0.25, -0.2) is 4.99 Å². The lowest BCUT2D eigenvalue weighted by Crippen LogP contribution is -2.44. The molecule has 0 aliphatic carbocycles. The number of hydrogen-bond acceptors (Lipinski definition) is 2. The van der Waals surface area contributed by atoms with Crippen LogP contribution in [0.25, 0.3) is 11.1 Å². The summed E-state index contributed by atoms with van der Waals surface area (Å²) in [4.78, 5) is 6.62. The van der Waals surface area contributed by atoms with E-state index in [9.17, 15) is 0 Å². The van der Waals surface area contributed by atoms with Crippen molar-refractivity contribution in [2.24, 2.45) is 10.7 Å². The Morgan fingerprint density at radius 3 is 2.52 bits per heavy atom. The monoisotopic (exact) mass is 329 g/mol. The van der Waals surface area contributed by atoms with Gasteiger partial charge in [0.15, 0.2) is 5.96 Å². The molecule has 0 radical (unpaired) electrons. The highest BCUT2D eigenvalue weighted by Crippen LogP contribution is 2.25. The molecule has 2 N–H and O–H groups in total. The molecule has 120 valence electrons. The van der Waals surface area contributed by atoms with Crippen molar-refractivity contribution in [2.45, 2.75) is 6.54 Å². The zero-order valence-electron chi connectivity index (χ0n) is 12.9. The van der Waals surface area contributed by atoms with Crippen molar-refractivity contribution in [3.63, 3.8) is 0 Å². The topological polar surface area (TPSA) is 50.8 Å². The second-order valence-electron chi connectivity index (χ2n) is 5.44. The van der Waals surface area contributed by atoms with Crippen molar-refractivity contribution in [2.75, 3.05) is 26.3 Å². The lowest BCUT2D eigenvalue weighted by molar-refractivity contribution is 0.0674. The second kappa shape index (κ2) is 7.49. The second-order valence-corrected chi connectivity index (χ2v) is 5.87. The van der Waals surface area contributed by atoms with E-state index in [1.165, 1.54) is 0 Å². The molecule has 0 atom stereocenters. The maximum absolute atomic E-state index is 6.11. The van der Waals surface area contributed by atoms with Crippen LogP contribution in [-0.2, 0) is 11.3 Å². The first-order chi connectivity index (χ1) is 11.2. The van der Waals surface area contributed by atoms with Gasteiger partial charge in [-0.05, 0) is 28.8 Å². The molecule has 0 aromatic heterocycles. The largest absolute Gasteiger partial charge is 0.378 e. The fourth-order valence-electron chi connectivity index (χ4n) is 2.63. The Balaban J connectivity index is 1.79. The first-order valence-electron chi connectivity index (χ1n) is 7.70. The Morgan fingerprint density at radius 2 is 1.78 bits per heavy atom. The third-order valence-corrected chi connectivity index (χ3v) is 4.17. The molecule has 1 aliphatic rings. The molecule has 1 aliphatic heterocycles. The van der Waals surface area contributed by atoms with Gasteiger partial charge in [0.25, 0.3) is 0 Å². The fourth-order valence-corrected chi connectivity index (χ4v) is 2.75. The zero-order valence-corrected chi connectivity index (χ0v) is 13.7. The molecule has 1 heterocycles. The normalized spacial score (nSPS) is 15.7. The van der Waals surface area contributed by atoms with Crippen LogP contribution in [-0.4, -0.2) is 37.2 Å². The predicted molar refractivity (Wildman–Crippen MR) is 94.6 cm³/mol. The Labute approximate surface area is 141 Å². The molecule has 0 amide bonds. The summed E-state index contributed by atoms with van der Waals surface area (Å²) in [5.41, 5.74) is 9.54. The van der Waals surface area contributed by atoms with E-state index < -0.39 is 0 Å². The summed E-state index contributed by atoms with van der Waals surface area (Å²) in [6, 6.07) is 16.1. The van der Waals surface area contributed by atoms with Crippen molar-refractivity contribution in [1.29, 1.82) is 0 Å². The van der Waals surface area contributed by atoms with Gasteiger partial charge in [-0.2, -0.15) is 0 Å². The van der Waals surface area contributed by atoms with E-state index in [0.29, 0.717) is 25.7 Å². The minimum atomic E-state index is 0.558. The molecule has 23 heavy (non-hydrogen) atoms. The number of guanidine groups is 1. The van der Waals surface area contributed by atoms with Gasteiger partial charge in [-0.1, -0.05) is 48.0 Å². The summed E-state index contributed by atoms with van der Waals surface area (Å²) in [5, 5.41) is 0.737. The number of rotatable bonds is 3. The van der Waals surface area contributed by atoms with Gasteiger partial charge < -0.3 is 15.4 Å². The fraction of sp³-hybridized carbons (Fsp3) is 0.278. The van der Waals surface area contributed by atoms with Gasteiger partial charge in [-0.15, -0.1) is 0 Å². The van der Waals surface area contributed by atoms with E-state index in [4.69, 9.17) is 22.1 Å². The van der Waals surface area contributed by atoms with E-state index in [2.05, 4.69) is 22.0 Å². The number of halogens is 1. The lowest BCUT2D eigenvalue weighted by atomic mass is 10.00. The Morgan fingerprint density at radius 1 is 1.09 bits per heavy atom. The summed E-state index contributed by atoms with van der Waals surface area (Å²) < 4.78 is 5.34. The molecule has 1 saturated heterocycles. The Hall–Kier alpha value is -2.04. The number of aliphatic imine (C=N–C) groups is 1. The molecule has 2 aromatic rings. The van der Waals surface area contributed by atoms with E-state index in [1.54, 1.807) is 0 Å². The molecule has 5 heteroatoms. The molecule has 2 aromatic carbocycles. The number of nitrogens with zero attached hydrogens (tertiary/aromatic N) is 2. The Kier molecular flexibility index (Phi) is 5.16.